The number of rotatable bonds is 1. The van der Waals surface area contributed by atoms with Gasteiger partial charge in [0.15, 0.2) is 0 Å². The van der Waals surface area contributed by atoms with Gasteiger partial charge in [0.2, 0.25) is 0 Å². The monoisotopic (exact) mass is 213 g/mol. The highest BCUT2D eigenvalue weighted by Gasteiger charge is 2.18. The van der Waals surface area contributed by atoms with Crippen molar-refractivity contribution in [2.45, 2.75) is 18.8 Å². The highest BCUT2D eigenvalue weighted by Crippen LogP contribution is 2.27. The van der Waals surface area contributed by atoms with Gasteiger partial charge in [0.05, 0.1) is 0 Å². The average Bonchev–Trinajstić information content (AvgIpc) is 2.23. The minimum Gasteiger partial charge on any atom is -0.316 e. The Bertz CT molecular complexity index is 321. The molecule has 0 aliphatic carbocycles. The quantitative estimate of drug-likeness (QED) is 0.757. The van der Waals surface area contributed by atoms with Crippen LogP contribution in [-0.4, -0.2) is 13.1 Å². The fourth-order valence-electron chi connectivity index (χ4n) is 1.94. The molecular weight excluding hydrogens is 201 g/mol. The van der Waals surface area contributed by atoms with E-state index in [1.807, 2.05) is 0 Å². The summed E-state index contributed by atoms with van der Waals surface area (Å²) in [5, 5.41) is 3.89. The van der Waals surface area contributed by atoms with Crippen LogP contribution in [0.4, 0.5) is 4.39 Å². The smallest absolute Gasteiger partial charge is 0.126 e. The molecule has 1 aliphatic heterocycles. The molecule has 1 nitrogen and oxygen atoms in total. The maximum atomic E-state index is 13.5. The van der Waals surface area contributed by atoms with Crippen LogP contribution in [0.2, 0.25) is 5.02 Å². The molecule has 0 aromatic heterocycles. The van der Waals surface area contributed by atoms with Crippen molar-refractivity contribution in [3.8, 4) is 0 Å². The van der Waals surface area contributed by atoms with Crippen molar-refractivity contribution in [2.75, 3.05) is 13.1 Å². The molecule has 0 saturated carbocycles. The summed E-state index contributed by atoms with van der Waals surface area (Å²) in [5.41, 5.74) is 0.754. The summed E-state index contributed by atoms with van der Waals surface area (Å²) in [6, 6.07) is 4.79. The fraction of sp³-hybridized carbons (Fsp3) is 0.455. The van der Waals surface area contributed by atoms with Crippen LogP contribution < -0.4 is 5.32 Å². The van der Waals surface area contributed by atoms with E-state index in [2.05, 4.69) is 5.32 Å². The first-order valence-electron chi connectivity index (χ1n) is 4.93. The molecule has 1 fully saturated rings. The van der Waals surface area contributed by atoms with Gasteiger partial charge in [-0.1, -0.05) is 11.6 Å². The van der Waals surface area contributed by atoms with Crippen LogP contribution in [0.3, 0.4) is 0 Å². The highest BCUT2D eigenvalue weighted by atomic mass is 35.5. The first-order chi connectivity index (χ1) is 6.77. The highest BCUT2D eigenvalue weighted by molar-refractivity contribution is 6.30. The van der Waals surface area contributed by atoms with Crippen molar-refractivity contribution in [1.29, 1.82) is 0 Å². The van der Waals surface area contributed by atoms with E-state index < -0.39 is 0 Å². The summed E-state index contributed by atoms with van der Waals surface area (Å²) >= 11 is 5.85. The molecule has 1 heterocycles. The molecule has 0 spiro atoms. The Hall–Kier alpha value is -0.600. The lowest BCUT2D eigenvalue weighted by molar-refractivity contribution is 0.446. The Morgan fingerprint density at radius 2 is 2.29 bits per heavy atom. The van der Waals surface area contributed by atoms with Crippen LogP contribution in [0.15, 0.2) is 18.2 Å². The van der Waals surface area contributed by atoms with Gasteiger partial charge in [0, 0.05) is 11.6 Å². The summed E-state index contributed by atoms with van der Waals surface area (Å²) < 4.78 is 13.5. The van der Waals surface area contributed by atoms with E-state index in [-0.39, 0.29) is 11.7 Å². The molecule has 0 radical (unpaired) electrons. The SMILES string of the molecule is Fc1ccc(Cl)cc1[C@H]1CCCNC1. The summed E-state index contributed by atoms with van der Waals surface area (Å²) in [5.74, 6) is 0.144. The largest absolute Gasteiger partial charge is 0.316 e. The molecule has 2 rings (SSSR count). The molecule has 1 aromatic rings. The van der Waals surface area contributed by atoms with Crippen LogP contribution in [0, 0.1) is 5.82 Å². The zero-order chi connectivity index (χ0) is 9.97. The predicted molar refractivity (Wildman–Crippen MR) is 56.3 cm³/mol. The third-order valence-corrected chi connectivity index (χ3v) is 2.93. The Labute approximate surface area is 88.3 Å². The van der Waals surface area contributed by atoms with Gasteiger partial charge in [0.25, 0.3) is 0 Å². The standard InChI is InChI=1S/C11H13ClFN/c12-9-3-4-11(13)10(6-9)8-2-1-5-14-7-8/h3-4,6,8,14H,1-2,5,7H2/t8-/m0/s1. The van der Waals surface area contributed by atoms with E-state index in [4.69, 9.17) is 11.6 Å². The molecule has 0 amide bonds. The zero-order valence-electron chi connectivity index (χ0n) is 7.89. The van der Waals surface area contributed by atoms with Crippen LogP contribution in [-0.2, 0) is 0 Å². The molecule has 1 saturated heterocycles. The lowest BCUT2D eigenvalue weighted by Crippen LogP contribution is -2.28. The number of nitrogens with one attached hydrogen (secondary N) is 1. The van der Waals surface area contributed by atoms with Gasteiger partial charge in [0.1, 0.15) is 5.82 Å². The normalized spacial score (nSPS) is 22.3. The summed E-state index contributed by atoms with van der Waals surface area (Å²) in [6.07, 6.45) is 2.15. The first kappa shape index (κ1) is 9.94. The molecule has 1 N–H and O–H groups in total. The van der Waals surface area contributed by atoms with Crippen molar-refractivity contribution in [1.82, 2.24) is 5.32 Å². The third-order valence-electron chi connectivity index (χ3n) is 2.69. The Kier molecular flexibility index (Phi) is 3.04. The second-order valence-electron chi connectivity index (χ2n) is 3.71. The minimum absolute atomic E-state index is 0.136. The summed E-state index contributed by atoms with van der Waals surface area (Å²) in [4.78, 5) is 0. The topological polar surface area (TPSA) is 12.0 Å². The van der Waals surface area contributed by atoms with Crippen molar-refractivity contribution in [3.05, 3.63) is 34.6 Å². The molecule has 76 valence electrons. The van der Waals surface area contributed by atoms with E-state index >= 15 is 0 Å². The Morgan fingerprint density at radius 1 is 1.43 bits per heavy atom. The van der Waals surface area contributed by atoms with E-state index in [1.54, 1.807) is 12.1 Å². The van der Waals surface area contributed by atoms with Gasteiger partial charge >= 0.3 is 0 Å². The number of piperidine rings is 1. The van der Waals surface area contributed by atoms with Crippen molar-refractivity contribution < 1.29 is 4.39 Å². The van der Waals surface area contributed by atoms with Crippen molar-refractivity contribution in [2.24, 2.45) is 0 Å². The van der Waals surface area contributed by atoms with E-state index in [1.165, 1.54) is 6.07 Å². The number of benzene rings is 1. The molecule has 14 heavy (non-hydrogen) atoms. The molecule has 1 aromatic carbocycles. The van der Waals surface area contributed by atoms with Crippen LogP contribution in [0.5, 0.6) is 0 Å². The molecule has 1 atom stereocenters. The van der Waals surface area contributed by atoms with Gasteiger partial charge in [-0.3, -0.25) is 0 Å². The van der Waals surface area contributed by atoms with Crippen LogP contribution in [0.25, 0.3) is 0 Å². The van der Waals surface area contributed by atoms with E-state index in [9.17, 15) is 4.39 Å². The van der Waals surface area contributed by atoms with Crippen LogP contribution >= 0.6 is 11.6 Å². The summed E-state index contributed by atoms with van der Waals surface area (Å²) in [7, 11) is 0. The molecule has 1 aliphatic rings. The maximum absolute atomic E-state index is 13.5. The molecule has 0 bridgehead atoms. The average molecular weight is 214 g/mol. The van der Waals surface area contributed by atoms with Gasteiger partial charge in [-0.05, 0) is 49.1 Å². The second kappa shape index (κ2) is 4.28. The third kappa shape index (κ3) is 2.07. The first-order valence-corrected chi connectivity index (χ1v) is 5.31. The lowest BCUT2D eigenvalue weighted by atomic mass is 9.91. The van der Waals surface area contributed by atoms with E-state index in [0.29, 0.717) is 5.02 Å². The fourth-order valence-corrected chi connectivity index (χ4v) is 2.13. The minimum atomic E-state index is -0.136. The van der Waals surface area contributed by atoms with Gasteiger partial charge in [-0.25, -0.2) is 4.39 Å². The van der Waals surface area contributed by atoms with Crippen molar-refractivity contribution in [3.63, 3.8) is 0 Å². The lowest BCUT2D eigenvalue weighted by Gasteiger charge is -2.23. The van der Waals surface area contributed by atoms with Crippen molar-refractivity contribution >= 4 is 11.6 Å². The van der Waals surface area contributed by atoms with Gasteiger partial charge in [-0.2, -0.15) is 0 Å². The van der Waals surface area contributed by atoms with Gasteiger partial charge < -0.3 is 5.32 Å². The summed E-state index contributed by atoms with van der Waals surface area (Å²) in [6.45, 7) is 1.90. The number of hydrogen-bond donors (Lipinski definition) is 1. The molecular formula is C11H13ClFN. The maximum Gasteiger partial charge on any atom is 0.126 e. The number of halogens is 2. The zero-order valence-corrected chi connectivity index (χ0v) is 8.65. The Morgan fingerprint density at radius 3 is 3.00 bits per heavy atom. The molecule has 0 unspecified atom stereocenters. The number of hydrogen-bond acceptors (Lipinski definition) is 1. The van der Waals surface area contributed by atoms with E-state index in [0.717, 1.165) is 31.5 Å². The predicted octanol–water partition coefficient (Wildman–Crippen LogP) is 2.95. The van der Waals surface area contributed by atoms with Gasteiger partial charge in [-0.15, -0.1) is 0 Å². The van der Waals surface area contributed by atoms with Crippen LogP contribution in [0.1, 0.15) is 24.3 Å². The second-order valence-corrected chi connectivity index (χ2v) is 4.15. The Balaban J connectivity index is 2.24. The molecule has 3 heteroatoms.